The molecule has 2 unspecified atom stereocenters. The zero-order valence-corrected chi connectivity index (χ0v) is 11.7. The third-order valence-electron chi connectivity index (χ3n) is 3.57. The van der Waals surface area contributed by atoms with Crippen molar-refractivity contribution < 1.29 is 9.66 Å². The maximum Gasteiger partial charge on any atom is 0.269 e. The smallest absolute Gasteiger partial charge is 0.269 e. The molecule has 7 nitrogen and oxygen atoms in total. The highest BCUT2D eigenvalue weighted by Gasteiger charge is 2.24. The van der Waals surface area contributed by atoms with Gasteiger partial charge in [-0.1, -0.05) is 0 Å². The lowest BCUT2D eigenvalue weighted by Gasteiger charge is -2.37. The highest BCUT2D eigenvalue weighted by atomic mass is 16.6. The van der Waals surface area contributed by atoms with Gasteiger partial charge in [0.2, 0.25) is 0 Å². The minimum Gasteiger partial charge on any atom is -0.376 e. The number of hydrazine groups is 1. The summed E-state index contributed by atoms with van der Waals surface area (Å²) in [5.41, 5.74) is 4.21. The topological polar surface area (TPSA) is 93.7 Å². The minimum atomic E-state index is -0.394. The van der Waals surface area contributed by atoms with Crippen LogP contribution in [0.3, 0.4) is 0 Å². The first kappa shape index (κ1) is 14.7. The van der Waals surface area contributed by atoms with Crippen molar-refractivity contribution in [2.45, 2.75) is 32.5 Å². The summed E-state index contributed by atoms with van der Waals surface area (Å²) < 4.78 is 5.59. The quantitative estimate of drug-likeness (QED) is 0.493. The molecule has 2 rings (SSSR count). The number of non-ortho nitro benzene ring substituents is 1. The number of benzene rings is 1. The first-order chi connectivity index (χ1) is 9.51. The molecule has 0 aliphatic carbocycles. The molecule has 2 atom stereocenters. The van der Waals surface area contributed by atoms with Gasteiger partial charge in [0.15, 0.2) is 0 Å². The fourth-order valence-electron chi connectivity index (χ4n) is 2.38. The second-order valence-corrected chi connectivity index (χ2v) is 5.17. The lowest BCUT2D eigenvalue weighted by Crippen LogP contribution is -2.46. The van der Waals surface area contributed by atoms with Gasteiger partial charge in [-0.15, -0.1) is 0 Å². The highest BCUT2D eigenvalue weighted by molar-refractivity contribution is 5.55. The first-order valence-corrected chi connectivity index (χ1v) is 6.61. The SMILES string of the molecule is CC1CN(Cc2cc([N+](=O)[O-])ccc2NN)C(C)CO1. The fourth-order valence-corrected chi connectivity index (χ4v) is 2.38. The van der Waals surface area contributed by atoms with Crippen LogP contribution in [0.5, 0.6) is 0 Å². The average molecular weight is 280 g/mol. The third kappa shape index (κ3) is 3.24. The number of nitrogens with one attached hydrogen (secondary N) is 1. The van der Waals surface area contributed by atoms with E-state index in [-0.39, 0.29) is 17.8 Å². The summed E-state index contributed by atoms with van der Waals surface area (Å²) in [4.78, 5) is 12.7. The van der Waals surface area contributed by atoms with Gasteiger partial charge in [0.05, 0.1) is 23.3 Å². The van der Waals surface area contributed by atoms with Crippen LogP contribution in [0.4, 0.5) is 11.4 Å². The number of nitrogens with two attached hydrogens (primary N) is 1. The molecule has 1 saturated heterocycles. The van der Waals surface area contributed by atoms with Crippen LogP contribution in [0.2, 0.25) is 0 Å². The molecule has 20 heavy (non-hydrogen) atoms. The van der Waals surface area contributed by atoms with Crippen LogP contribution < -0.4 is 11.3 Å². The maximum atomic E-state index is 10.9. The number of nitrogen functional groups attached to an aromatic ring is 1. The van der Waals surface area contributed by atoms with Gasteiger partial charge in [0.25, 0.3) is 5.69 Å². The van der Waals surface area contributed by atoms with E-state index in [4.69, 9.17) is 10.6 Å². The van der Waals surface area contributed by atoms with Gasteiger partial charge >= 0.3 is 0 Å². The monoisotopic (exact) mass is 280 g/mol. The molecule has 0 aromatic heterocycles. The average Bonchev–Trinajstić information content (AvgIpc) is 2.42. The molecule has 0 bridgehead atoms. The molecular weight excluding hydrogens is 260 g/mol. The Balaban J connectivity index is 2.22. The van der Waals surface area contributed by atoms with Gasteiger partial charge in [-0.3, -0.25) is 20.9 Å². The number of nitrogens with zero attached hydrogens (tertiary/aromatic N) is 2. The predicted molar refractivity (Wildman–Crippen MR) is 76.2 cm³/mol. The van der Waals surface area contributed by atoms with E-state index in [1.165, 1.54) is 6.07 Å². The normalized spacial score (nSPS) is 23.6. The summed E-state index contributed by atoms with van der Waals surface area (Å²) in [7, 11) is 0. The zero-order valence-electron chi connectivity index (χ0n) is 11.7. The lowest BCUT2D eigenvalue weighted by molar-refractivity contribution is -0.384. The summed E-state index contributed by atoms with van der Waals surface area (Å²) in [6, 6.07) is 4.93. The molecule has 3 N–H and O–H groups in total. The van der Waals surface area contributed by atoms with Crippen molar-refractivity contribution in [3.63, 3.8) is 0 Å². The Kier molecular flexibility index (Phi) is 4.53. The molecule has 0 radical (unpaired) electrons. The van der Waals surface area contributed by atoms with Gasteiger partial charge in [-0.25, -0.2) is 0 Å². The standard InChI is InChI=1S/C13H20N4O3/c1-9-8-20-10(2)6-16(9)7-11-5-12(17(18)19)3-4-13(11)15-14/h3-5,9-10,15H,6-8,14H2,1-2H3. The number of anilines is 1. The number of morpholine rings is 1. The van der Waals surface area contributed by atoms with Gasteiger partial charge in [0.1, 0.15) is 0 Å². The predicted octanol–water partition coefficient (Wildman–Crippen LogP) is 1.49. The van der Waals surface area contributed by atoms with Crippen LogP contribution >= 0.6 is 0 Å². The Labute approximate surface area is 117 Å². The highest BCUT2D eigenvalue weighted by Crippen LogP contribution is 2.24. The van der Waals surface area contributed by atoms with Crippen LogP contribution in [0.25, 0.3) is 0 Å². The second kappa shape index (κ2) is 6.17. The number of ether oxygens (including phenoxy) is 1. The molecule has 0 saturated carbocycles. The molecular formula is C13H20N4O3. The van der Waals surface area contributed by atoms with E-state index in [0.717, 1.165) is 12.1 Å². The van der Waals surface area contributed by atoms with Gasteiger partial charge < -0.3 is 10.2 Å². The molecule has 0 amide bonds. The Morgan fingerprint density at radius 1 is 1.55 bits per heavy atom. The Bertz CT molecular complexity index is 495. The molecule has 1 heterocycles. The largest absolute Gasteiger partial charge is 0.376 e. The Morgan fingerprint density at radius 2 is 2.30 bits per heavy atom. The van der Waals surface area contributed by atoms with Gasteiger partial charge in [-0.05, 0) is 25.5 Å². The van der Waals surface area contributed by atoms with E-state index in [0.29, 0.717) is 18.8 Å². The number of hydrogen-bond acceptors (Lipinski definition) is 6. The van der Waals surface area contributed by atoms with Gasteiger partial charge in [-0.2, -0.15) is 0 Å². The Hall–Kier alpha value is -1.70. The lowest BCUT2D eigenvalue weighted by atomic mass is 10.1. The minimum absolute atomic E-state index is 0.0768. The first-order valence-electron chi connectivity index (χ1n) is 6.61. The molecule has 1 fully saturated rings. The van der Waals surface area contributed by atoms with E-state index >= 15 is 0 Å². The summed E-state index contributed by atoms with van der Waals surface area (Å²) in [5.74, 6) is 5.48. The molecule has 0 spiro atoms. The molecule has 1 aliphatic heterocycles. The molecule has 1 aromatic carbocycles. The molecule has 110 valence electrons. The van der Waals surface area contributed by atoms with Crippen molar-refractivity contribution >= 4 is 11.4 Å². The number of nitro benzene ring substituents is 1. The second-order valence-electron chi connectivity index (χ2n) is 5.17. The molecule has 7 heteroatoms. The van der Waals surface area contributed by atoms with E-state index < -0.39 is 4.92 Å². The maximum absolute atomic E-state index is 10.9. The molecule has 1 aromatic rings. The van der Waals surface area contributed by atoms with Crippen LogP contribution in [0, 0.1) is 10.1 Å². The van der Waals surface area contributed by atoms with Crippen LogP contribution in [0.15, 0.2) is 18.2 Å². The van der Waals surface area contributed by atoms with Crippen LogP contribution in [0.1, 0.15) is 19.4 Å². The van der Waals surface area contributed by atoms with E-state index in [1.807, 2.05) is 6.92 Å². The summed E-state index contributed by atoms with van der Waals surface area (Å²) in [6.45, 7) is 6.18. The number of hydrogen-bond donors (Lipinski definition) is 2. The van der Waals surface area contributed by atoms with E-state index in [1.54, 1.807) is 12.1 Å². The number of rotatable bonds is 4. The summed E-state index contributed by atoms with van der Waals surface area (Å²) in [6.07, 6.45) is 0.166. The van der Waals surface area contributed by atoms with Crippen molar-refractivity contribution in [2.75, 3.05) is 18.6 Å². The van der Waals surface area contributed by atoms with Gasteiger partial charge in [0, 0.05) is 31.3 Å². The van der Waals surface area contributed by atoms with Crippen molar-refractivity contribution in [2.24, 2.45) is 5.84 Å². The summed E-state index contributed by atoms with van der Waals surface area (Å²) in [5, 5.41) is 10.9. The van der Waals surface area contributed by atoms with E-state index in [9.17, 15) is 10.1 Å². The Morgan fingerprint density at radius 3 is 2.95 bits per heavy atom. The van der Waals surface area contributed by atoms with Crippen molar-refractivity contribution in [1.29, 1.82) is 0 Å². The van der Waals surface area contributed by atoms with Crippen LogP contribution in [-0.4, -0.2) is 35.1 Å². The number of nitro groups is 1. The fraction of sp³-hybridized carbons (Fsp3) is 0.538. The zero-order chi connectivity index (χ0) is 14.7. The van der Waals surface area contributed by atoms with Crippen molar-refractivity contribution in [3.8, 4) is 0 Å². The van der Waals surface area contributed by atoms with Crippen molar-refractivity contribution in [3.05, 3.63) is 33.9 Å². The summed E-state index contributed by atoms with van der Waals surface area (Å²) >= 11 is 0. The third-order valence-corrected chi connectivity index (χ3v) is 3.57. The van der Waals surface area contributed by atoms with Crippen molar-refractivity contribution in [1.82, 2.24) is 4.90 Å². The van der Waals surface area contributed by atoms with Crippen LogP contribution in [-0.2, 0) is 11.3 Å². The molecule has 1 aliphatic rings. The van der Waals surface area contributed by atoms with E-state index in [2.05, 4.69) is 17.2 Å².